The number of nitrogens with zero attached hydrogens (tertiary/aromatic N) is 6. The Morgan fingerprint density at radius 1 is 1.00 bits per heavy atom. The highest BCUT2D eigenvalue weighted by molar-refractivity contribution is 5.82. The lowest BCUT2D eigenvalue weighted by atomic mass is 10.1. The van der Waals surface area contributed by atoms with Gasteiger partial charge < -0.3 is 14.4 Å². The van der Waals surface area contributed by atoms with Gasteiger partial charge in [-0.05, 0) is 24.6 Å². The van der Waals surface area contributed by atoms with Gasteiger partial charge in [0, 0.05) is 61.3 Å². The molecule has 0 atom stereocenters. The fraction of sp³-hybridized carbons (Fsp3) is 0.250. The van der Waals surface area contributed by atoms with Gasteiger partial charge in [-0.25, -0.2) is 4.98 Å². The summed E-state index contributed by atoms with van der Waals surface area (Å²) in [5, 5.41) is 13.3. The average molecular weight is 428 g/mol. The maximum Gasteiger partial charge on any atom is 0.124 e. The van der Waals surface area contributed by atoms with E-state index in [0.717, 1.165) is 40.1 Å². The van der Waals surface area contributed by atoms with Crippen molar-refractivity contribution < 1.29 is 9.47 Å². The lowest BCUT2D eigenvalue weighted by Crippen LogP contribution is -2.18. The highest BCUT2D eigenvalue weighted by atomic mass is 16.5. The molecule has 0 aliphatic carbocycles. The first kappa shape index (κ1) is 21.1. The molecule has 2 aromatic heterocycles. The van der Waals surface area contributed by atoms with Gasteiger partial charge in [-0.1, -0.05) is 0 Å². The number of aromatic nitrogens is 4. The highest BCUT2D eigenvalue weighted by Gasteiger charge is 2.14. The molecule has 2 aromatic carbocycles. The molecule has 4 rings (SSSR count). The number of nitriles is 1. The molecule has 2 heterocycles. The normalized spacial score (nSPS) is 10.7. The van der Waals surface area contributed by atoms with Gasteiger partial charge in [0.15, 0.2) is 0 Å². The van der Waals surface area contributed by atoms with Crippen LogP contribution in [-0.2, 0) is 7.05 Å². The number of hydrogen-bond acceptors (Lipinski definition) is 7. The second-order valence-corrected chi connectivity index (χ2v) is 7.32. The van der Waals surface area contributed by atoms with Gasteiger partial charge in [0.2, 0.25) is 0 Å². The first-order valence-electron chi connectivity index (χ1n) is 10.2. The first-order chi connectivity index (χ1) is 15.6. The van der Waals surface area contributed by atoms with Crippen LogP contribution in [0.25, 0.3) is 22.3 Å². The number of fused-ring (bicyclic) bond motifs is 1. The molecule has 0 unspecified atom stereocenters. The zero-order valence-electron chi connectivity index (χ0n) is 18.3. The molecular weight excluding hydrogens is 404 g/mol. The van der Waals surface area contributed by atoms with E-state index in [9.17, 15) is 0 Å². The number of methoxy groups -OCH3 is 2. The summed E-state index contributed by atoms with van der Waals surface area (Å²) in [7, 11) is 5.13. The molecular formula is C24H24N6O2. The molecule has 4 aromatic rings. The predicted octanol–water partition coefficient (Wildman–Crippen LogP) is 4.49. The summed E-state index contributed by atoms with van der Waals surface area (Å²) in [4.78, 5) is 11.5. The Hall–Kier alpha value is -4.12. The van der Waals surface area contributed by atoms with Crippen LogP contribution in [-0.4, -0.2) is 40.5 Å². The Bertz CT molecular complexity index is 1250. The number of unbranched alkanes of at least 4 members (excludes halogenated alkanes) is 1. The Kier molecular flexibility index (Phi) is 6.17. The summed E-state index contributed by atoms with van der Waals surface area (Å²) < 4.78 is 12.7. The number of aryl methyl sites for hydroxylation is 1. The maximum atomic E-state index is 9.03. The highest BCUT2D eigenvalue weighted by Crippen LogP contribution is 2.34. The molecule has 32 heavy (non-hydrogen) atoms. The Labute approximate surface area is 186 Å². The van der Waals surface area contributed by atoms with Crippen molar-refractivity contribution in [2.45, 2.75) is 12.8 Å². The van der Waals surface area contributed by atoms with Crippen LogP contribution < -0.4 is 14.4 Å². The van der Waals surface area contributed by atoms with Crippen LogP contribution in [0.1, 0.15) is 12.8 Å². The largest absolute Gasteiger partial charge is 0.497 e. The maximum absolute atomic E-state index is 9.03. The molecule has 0 saturated heterocycles. The quantitative estimate of drug-likeness (QED) is 0.382. The molecule has 0 saturated carbocycles. The molecule has 0 N–H and O–H groups in total. The molecule has 0 radical (unpaired) electrons. The van der Waals surface area contributed by atoms with Gasteiger partial charge in [-0.2, -0.15) is 10.4 Å². The average Bonchev–Trinajstić information content (AvgIpc) is 3.27. The molecule has 0 aliphatic rings. The van der Waals surface area contributed by atoms with Gasteiger partial charge in [-0.3, -0.25) is 9.67 Å². The summed E-state index contributed by atoms with van der Waals surface area (Å²) in [6, 6.07) is 14.0. The molecule has 0 spiro atoms. The summed E-state index contributed by atoms with van der Waals surface area (Å²) in [6.45, 7) is 0.658. The molecule has 0 bridgehead atoms. The minimum absolute atomic E-state index is 0.468. The van der Waals surface area contributed by atoms with E-state index in [4.69, 9.17) is 19.7 Å². The van der Waals surface area contributed by atoms with Gasteiger partial charge in [0.25, 0.3) is 0 Å². The van der Waals surface area contributed by atoms with Crippen molar-refractivity contribution >= 4 is 22.4 Å². The second-order valence-electron chi connectivity index (χ2n) is 7.32. The van der Waals surface area contributed by atoms with Crippen LogP contribution >= 0.6 is 0 Å². The van der Waals surface area contributed by atoms with Crippen molar-refractivity contribution in [3.05, 3.63) is 55.0 Å². The van der Waals surface area contributed by atoms with Gasteiger partial charge in [-0.15, -0.1) is 0 Å². The molecule has 8 heteroatoms. The van der Waals surface area contributed by atoms with Crippen LogP contribution in [0.5, 0.6) is 11.5 Å². The topological polar surface area (TPSA) is 89.1 Å². The summed E-state index contributed by atoms with van der Waals surface area (Å²) in [6.07, 6.45) is 6.63. The van der Waals surface area contributed by atoms with Crippen molar-refractivity contribution in [2.24, 2.45) is 7.05 Å². The third kappa shape index (κ3) is 4.47. The van der Waals surface area contributed by atoms with Crippen molar-refractivity contribution in [3.8, 4) is 28.8 Å². The van der Waals surface area contributed by atoms with E-state index in [0.29, 0.717) is 24.5 Å². The number of hydrogen-bond donors (Lipinski definition) is 0. The van der Waals surface area contributed by atoms with Crippen LogP contribution in [0.15, 0.2) is 55.0 Å². The van der Waals surface area contributed by atoms with E-state index < -0.39 is 0 Å². The Morgan fingerprint density at radius 2 is 1.78 bits per heavy atom. The minimum Gasteiger partial charge on any atom is -0.497 e. The third-order valence-corrected chi connectivity index (χ3v) is 5.16. The van der Waals surface area contributed by atoms with E-state index in [-0.39, 0.29) is 0 Å². The SMILES string of the molecule is COc1cc(OC)cc(N(CCCC#N)c2ccc3ncc(-c4cnn(C)c4)nc3c2)c1. The lowest BCUT2D eigenvalue weighted by molar-refractivity contribution is 0.394. The number of anilines is 2. The predicted molar refractivity (Wildman–Crippen MR) is 123 cm³/mol. The first-order valence-corrected chi connectivity index (χ1v) is 10.2. The van der Waals surface area contributed by atoms with Crippen LogP contribution in [0, 0.1) is 11.3 Å². The molecule has 162 valence electrons. The fourth-order valence-corrected chi connectivity index (χ4v) is 3.53. The minimum atomic E-state index is 0.468. The van der Waals surface area contributed by atoms with Crippen molar-refractivity contribution in [2.75, 3.05) is 25.7 Å². The Morgan fingerprint density at radius 3 is 2.44 bits per heavy atom. The fourth-order valence-electron chi connectivity index (χ4n) is 3.53. The smallest absolute Gasteiger partial charge is 0.124 e. The van der Waals surface area contributed by atoms with Crippen LogP contribution in [0.3, 0.4) is 0 Å². The number of ether oxygens (including phenoxy) is 2. The zero-order chi connectivity index (χ0) is 22.5. The summed E-state index contributed by atoms with van der Waals surface area (Å²) in [5.41, 5.74) is 5.13. The van der Waals surface area contributed by atoms with Crippen molar-refractivity contribution in [1.29, 1.82) is 5.26 Å². The van der Waals surface area contributed by atoms with Crippen LogP contribution in [0.2, 0.25) is 0 Å². The number of benzene rings is 2. The van der Waals surface area contributed by atoms with Gasteiger partial charge in [0.1, 0.15) is 11.5 Å². The van der Waals surface area contributed by atoms with Gasteiger partial charge >= 0.3 is 0 Å². The van der Waals surface area contributed by atoms with Gasteiger partial charge in [0.05, 0.1) is 49.4 Å². The van der Waals surface area contributed by atoms with E-state index in [1.807, 2.05) is 49.6 Å². The molecule has 8 nitrogen and oxygen atoms in total. The van der Waals surface area contributed by atoms with E-state index in [2.05, 4.69) is 21.1 Å². The summed E-state index contributed by atoms with van der Waals surface area (Å²) in [5.74, 6) is 1.40. The number of rotatable bonds is 8. The molecule has 0 aliphatic heterocycles. The van der Waals surface area contributed by atoms with Crippen LogP contribution in [0.4, 0.5) is 11.4 Å². The van der Waals surface area contributed by atoms with E-state index in [1.54, 1.807) is 31.3 Å². The lowest BCUT2D eigenvalue weighted by Gasteiger charge is -2.26. The molecule has 0 fully saturated rings. The zero-order valence-corrected chi connectivity index (χ0v) is 18.3. The van der Waals surface area contributed by atoms with Crippen molar-refractivity contribution in [1.82, 2.24) is 19.7 Å². The molecule has 0 amide bonds. The monoisotopic (exact) mass is 428 g/mol. The second kappa shape index (κ2) is 9.35. The third-order valence-electron chi connectivity index (χ3n) is 5.16. The van der Waals surface area contributed by atoms with E-state index in [1.165, 1.54) is 0 Å². The Balaban J connectivity index is 1.78. The van der Waals surface area contributed by atoms with E-state index >= 15 is 0 Å². The van der Waals surface area contributed by atoms with Crippen molar-refractivity contribution in [3.63, 3.8) is 0 Å². The summed E-state index contributed by atoms with van der Waals surface area (Å²) >= 11 is 0. The standard InChI is InChI=1S/C24H24N6O2/c1-29-16-17(14-27-29)24-15-26-22-7-6-18(12-23(22)28-24)30(9-5-4-8-25)19-10-20(31-2)13-21(11-19)32-3/h6-7,10-16H,4-5,9H2,1-3H3.